The number of hydrogen-bond donors (Lipinski definition) is 0. The predicted octanol–water partition coefficient (Wildman–Crippen LogP) is 7.03. The van der Waals surface area contributed by atoms with Crippen molar-refractivity contribution < 1.29 is 0 Å². The first kappa shape index (κ1) is 20.0. The highest BCUT2D eigenvalue weighted by Crippen LogP contribution is 2.32. The monoisotopic (exact) mass is 364 g/mol. The molecule has 1 aromatic carbocycles. The summed E-state index contributed by atoms with van der Waals surface area (Å²) in [6, 6.07) is 8.94. The normalized spacial score (nSPS) is 19.9. The van der Waals surface area contributed by atoms with E-state index in [2.05, 4.69) is 48.1 Å². The molecule has 1 aromatic heterocycles. The largest absolute Gasteiger partial charge is 0.241 e. The number of hydrogen-bond acceptors (Lipinski definition) is 2. The van der Waals surface area contributed by atoms with Gasteiger partial charge in [-0.25, -0.2) is 9.97 Å². The smallest absolute Gasteiger partial charge is 0.128 e. The van der Waals surface area contributed by atoms with E-state index in [1.54, 1.807) is 0 Å². The second-order valence-corrected chi connectivity index (χ2v) is 8.38. The molecule has 0 unspecified atom stereocenters. The fourth-order valence-corrected chi connectivity index (χ4v) is 4.34. The molecule has 1 aliphatic carbocycles. The van der Waals surface area contributed by atoms with Crippen LogP contribution in [-0.4, -0.2) is 9.97 Å². The van der Waals surface area contributed by atoms with Crippen LogP contribution in [0.15, 0.2) is 36.7 Å². The fraction of sp³-hybridized carbons (Fsp3) is 0.600. The van der Waals surface area contributed by atoms with Crippen molar-refractivity contribution >= 4 is 0 Å². The van der Waals surface area contributed by atoms with Gasteiger partial charge >= 0.3 is 0 Å². The SMILES string of the molecule is CCCCCc1ccc(-c2cnc(CCC3CCC(CC)CC3)nc2)cc1. The Morgan fingerprint density at radius 3 is 2.07 bits per heavy atom. The molecule has 1 saturated carbocycles. The van der Waals surface area contributed by atoms with Crippen LogP contribution in [0.1, 0.15) is 83.0 Å². The van der Waals surface area contributed by atoms with Crippen molar-refractivity contribution in [3.05, 3.63) is 48.0 Å². The minimum atomic E-state index is 0.885. The third-order valence-corrected chi connectivity index (χ3v) is 6.38. The van der Waals surface area contributed by atoms with E-state index in [-0.39, 0.29) is 0 Å². The number of aryl methyl sites for hydroxylation is 2. The maximum Gasteiger partial charge on any atom is 0.128 e. The minimum absolute atomic E-state index is 0.885. The Bertz CT molecular complexity index is 652. The van der Waals surface area contributed by atoms with Gasteiger partial charge in [0.25, 0.3) is 0 Å². The Morgan fingerprint density at radius 1 is 0.778 bits per heavy atom. The van der Waals surface area contributed by atoms with E-state index in [0.29, 0.717) is 0 Å². The van der Waals surface area contributed by atoms with Crippen LogP contribution < -0.4 is 0 Å². The number of aromatic nitrogens is 2. The Balaban J connectivity index is 1.48. The van der Waals surface area contributed by atoms with Gasteiger partial charge in [-0.2, -0.15) is 0 Å². The third kappa shape index (κ3) is 6.16. The van der Waals surface area contributed by atoms with Gasteiger partial charge in [0.1, 0.15) is 5.82 Å². The summed E-state index contributed by atoms with van der Waals surface area (Å²) in [4.78, 5) is 9.29. The van der Waals surface area contributed by atoms with Gasteiger partial charge in [-0.1, -0.05) is 83.1 Å². The molecule has 0 amide bonds. The van der Waals surface area contributed by atoms with E-state index in [9.17, 15) is 0 Å². The molecule has 0 bridgehead atoms. The highest BCUT2D eigenvalue weighted by Gasteiger charge is 2.19. The molecule has 3 rings (SSSR count). The van der Waals surface area contributed by atoms with Crippen molar-refractivity contribution in [3.8, 4) is 11.1 Å². The molecule has 1 aliphatic rings. The Hall–Kier alpha value is -1.70. The topological polar surface area (TPSA) is 25.8 Å². The molecular weight excluding hydrogens is 328 g/mol. The van der Waals surface area contributed by atoms with Crippen molar-refractivity contribution in [3.63, 3.8) is 0 Å². The number of benzene rings is 1. The Kier molecular flexibility index (Phi) is 7.86. The number of nitrogens with zero attached hydrogens (tertiary/aromatic N) is 2. The van der Waals surface area contributed by atoms with Crippen LogP contribution >= 0.6 is 0 Å². The predicted molar refractivity (Wildman–Crippen MR) is 115 cm³/mol. The maximum absolute atomic E-state index is 4.64. The second kappa shape index (κ2) is 10.6. The van der Waals surface area contributed by atoms with Gasteiger partial charge in [0.2, 0.25) is 0 Å². The van der Waals surface area contributed by atoms with E-state index < -0.39 is 0 Å². The summed E-state index contributed by atoms with van der Waals surface area (Å²) in [5, 5.41) is 0. The first-order valence-electron chi connectivity index (χ1n) is 11.2. The van der Waals surface area contributed by atoms with Gasteiger partial charge in [0.15, 0.2) is 0 Å². The van der Waals surface area contributed by atoms with Crippen molar-refractivity contribution in [2.24, 2.45) is 11.8 Å². The molecule has 146 valence electrons. The van der Waals surface area contributed by atoms with Gasteiger partial charge in [-0.15, -0.1) is 0 Å². The zero-order chi connectivity index (χ0) is 18.9. The zero-order valence-corrected chi connectivity index (χ0v) is 17.3. The lowest BCUT2D eigenvalue weighted by Gasteiger charge is -2.27. The van der Waals surface area contributed by atoms with E-state index in [0.717, 1.165) is 29.6 Å². The number of rotatable bonds is 9. The molecule has 0 atom stereocenters. The third-order valence-electron chi connectivity index (χ3n) is 6.38. The van der Waals surface area contributed by atoms with E-state index in [1.807, 2.05) is 12.4 Å². The lowest BCUT2D eigenvalue weighted by atomic mass is 9.79. The number of unbranched alkanes of at least 4 members (excludes halogenated alkanes) is 2. The Labute approximate surface area is 165 Å². The van der Waals surface area contributed by atoms with Gasteiger partial charge in [-0.3, -0.25) is 0 Å². The van der Waals surface area contributed by atoms with E-state index >= 15 is 0 Å². The van der Waals surface area contributed by atoms with Gasteiger partial charge in [0.05, 0.1) is 0 Å². The van der Waals surface area contributed by atoms with E-state index in [1.165, 1.54) is 75.3 Å². The highest BCUT2D eigenvalue weighted by atomic mass is 14.9. The molecule has 0 aliphatic heterocycles. The lowest BCUT2D eigenvalue weighted by molar-refractivity contribution is 0.258. The molecule has 2 heteroatoms. The molecule has 0 radical (unpaired) electrons. The average Bonchev–Trinajstić information content (AvgIpc) is 2.74. The van der Waals surface area contributed by atoms with Gasteiger partial charge in [-0.05, 0) is 42.2 Å². The van der Waals surface area contributed by atoms with Crippen LogP contribution in [-0.2, 0) is 12.8 Å². The zero-order valence-electron chi connectivity index (χ0n) is 17.3. The highest BCUT2D eigenvalue weighted by molar-refractivity contribution is 5.61. The van der Waals surface area contributed by atoms with Crippen LogP contribution in [0.5, 0.6) is 0 Å². The molecule has 0 saturated heterocycles. The van der Waals surface area contributed by atoms with Crippen LogP contribution in [0.25, 0.3) is 11.1 Å². The summed E-state index contributed by atoms with van der Waals surface area (Å²) in [7, 11) is 0. The average molecular weight is 365 g/mol. The minimum Gasteiger partial charge on any atom is -0.241 e. The van der Waals surface area contributed by atoms with Gasteiger partial charge in [0, 0.05) is 24.4 Å². The molecule has 27 heavy (non-hydrogen) atoms. The molecule has 1 fully saturated rings. The first-order valence-corrected chi connectivity index (χ1v) is 11.2. The summed E-state index contributed by atoms with van der Waals surface area (Å²) < 4.78 is 0. The first-order chi connectivity index (χ1) is 13.3. The summed E-state index contributed by atoms with van der Waals surface area (Å²) in [5.74, 6) is 2.87. The molecule has 1 heterocycles. The fourth-order valence-electron chi connectivity index (χ4n) is 4.34. The van der Waals surface area contributed by atoms with Crippen LogP contribution in [0.2, 0.25) is 0 Å². The maximum atomic E-state index is 4.64. The quantitative estimate of drug-likeness (QED) is 0.446. The Morgan fingerprint density at radius 2 is 1.44 bits per heavy atom. The standard InChI is InChI=1S/C25H36N2/c1-3-5-6-7-21-12-15-23(16-13-21)24-18-26-25(27-19-24)17-14-22-10-8-20(4-2)9-11-22/h12-13,15-16,18-20,22H,3-11,14,17H2,1-2H3. The molecule has 2 nitrogen and oxygen atoms in total. The lowest BCUT2D eigenvalue weighted by Crippen LogP contribution is -2.15. The summed E-state index contributed by atoms with van der Waals surface area (Å²) in [6.45, 7) is 4.59. The van der Waals surface area contributed by atoms with Crippen molar-refractivity contribution in [2.45, 2.75) is 84.5 Å². The van der Waals surface area contributed by atoms with Crippen LogP contribution in [0.3, 0.4) is 0 Å². The molecule has 0 spiro atoms. The second-order valence-electron chi connectivity index (χ2n) is 8.38. The van der Waals surface area contributed by atoms with Gasteiger partial charge < -0.3 is 0 Å². The van der Waals surface area contributed by atoms with Crippen LogP contribution in [0, 0.1) is 11.8 Å². The van der Waals surface area contributed by atoms with Crippen molar-refractivity contribution in [1.29, 1.82) is 0 Å². The molecule has 2 aromatic rings. The summed E-state index contributed by atoms with van der Waals surface area (Å²) >= 11 is 0. The molecular formula is C25H36N2. The summed E-state index contributed by atoms with van der Waals surface area (Å²) in [6.07, 6.45) is 18.4. The van der Waals surface area contributed by atoms with Crippen molar-refractivity contribution in [2.75, 3.05) is 0 Å². The van der Waals surface area contributed by atoms with Crippen LogP contribution in [0.4, 0.5) is 0 Å². The van der Waals surface area contributed by atoms with Crippen molar-refractivity contribution in [1.82, 2.24) is 9.97 Å². The van der Waals surface area contributed by atoms with E-state index in [4.69, 9.17) is 0 Å². The summed E-state index contributed by atoms with van der Waals surface area (Å²) in [5.41, 5.74) is 3.78. The molecule has 0 N–H and O–H groups in total.